The Labute approximate surface area is 181 Å². The molecule has 0 saturated carbocycles. The molecule has 4 rings (SSSR count). The van der Waals surface area contributed by atoms with Gasteiger partial charge in [0, 0.05) is 34.9 Å². The predicted octanol–water partition coefficient (Wildman–Crippen LogP) is 6.54. The standard InChI is InChI=1S/C23H27ClO4S/c1-29-23-18(7-6-8-19(23)24)17-12-11-16(27-21-9-2-4-13-25-21)15-20(17)28-22-10-3-5-14-26-22/h6-8,11-12,15,21-22H,2-5,9-10,13-14H2,1H3. The van der Waals surface area contributed by atoms with E-state index in [1.54, 1.807) is 11.8 Å². The smallest absolute Gasteiger partial charge is 0.199 e. The molecular formula is C23H27ClO4S. The Morgan fingerprint density at radius 2 is 1.62 bits per heavy atom. The number of halogens is 1. The van der Waals surface area contributed by atoms with Gasteiger partial charge in [-0.05, 0) is 50.1 Å². The second-order valence-corrected chi connectivity index (χ2v) is 8.53. The van der Waals surface area contributed by atoms with Crippen LogP contribution in [-0.4, -0.2) is 32.0 Å². The van der Waals surface area contributed by atoms with Gasteiger partial charge in [0.1, 0.15) is 11.5 Å². The lowest BCUT2D eigenvalue weighted by molar-refractivity contribution is -0.108. The van der Waals surface area contributed by atoms with Crippen molar-refractivity contribution in [2.75, 3.05) is 19.5 Å². The topological polar surface area (TPSA) is 36.9 Å². The summed E-state index contributed by atoms with van der Waals surface area (Å²) >= 11 is 8.09. The van der Waals surface area contributed by atoms with Crippen molar-refractivity contribution in [1.29, 1.82) is 0 Å². The maximum absolute atomic E-state index is 6.46. The van der Waals surface area contributed by atoms with E-state index in [4.69, 9.17) is 30.5 Å². The van der Waals surface area contributed by atoms with Crippen LogP contribution in [0.2, 0.25) is 5.02 Å². The minimum Gasteiger partial charge on any atom is -0.465 e. The van der Waals surface area contributed by atoms with Gasteiger partial charge in [0.15, 0.2) is 12.6 Å². The lowest BCUT2D eigenvalue weighted by atomic mass is 10.0. The summed E-state index contributed by atoms with van der Waals surface area (Å²) in [5.74, 6) is 1.50. The largest absolute Gasteiger partial charge is 0.465 e. The number of rotatable bonds is 6. The summed E-state index contributed by atoms with van der Waals surface area (Å²) in [6, 6.07) is 11.9. The van der Waals surface area contributed by atoms with E-state index < -0.39 is 0 Å². The Morgan fingerprint density at radius 3 is 2.28 bits per heavy atom. The van der Waals surface area contributed by atoms with Gasteiger partial charge < -0.3 is 18.9 Å². The fourth-order valence-electron chi connectivity index (χ4n) is 3.73. The number of ether oxygens (including phenoxy) is 4. The molecule has 4 nitrogen and oxygen atoms in total. The number of thioether (sulfide) groups is 1. The molecule has 0 N–H and O–H groups in total. The van der Waals surface area contributed by atoms with Crippen molar-refractivity contribution < 1.29 is 18.9 Å². The minimum atomic E-state index is -0.236. The van der Waals surface area contributed by atoms with E-state index in [0.29, 0.717) is 0 Å². The molecule has 2 unspecified atom stereocenters. The van der Waals surface area contributed by atoms with Crippen molar-refractivity contribution in [3.63, 3.8) is 0 Å². The molecule has 2 heterocycles. The SMILES string of the molecule is CSc1c(Cl)cccc1-c1ccc(OC2CCCCO2)cc1OC1CCCCO1. The van der Waals surface area contributed by atoms with Crippen LogP contribution in [0, 0.1) is 0 Å². The van der Waals surface area contributed by atoms with E-state index in [2.05, 4.69) is 6.07 Å². The van der Waals surface area contributed by atoms with Crippen LogP contribution >= 0.6 is 23.4 Å². The Morgan fingerprint density at radius 1 is 0.897 bits per heavy atom. The molecule has 6 heteroatoms. The van der Waals surface area contributed by atoms with Crippen LogP contribution in [-0.2, 0) is 9.47 Å². The zero-order chi connectivity index (χ0) is 20.1. The average molecular weight is 435 g/mol. The van der Waals surface area contributed by atoms with Crippen LogP contribution in [0.3, 0.4) is 0 Å². The van der Waals surface area contributed by atoms with Crippen LogP contribution in [0.25, 0.3) is 11.1 Å². The molecule has 0 bridgehead atoms. The quantitative estimate of drug-likeness (QED) is 0.482. The molecule has 0 amide bonds. The number of hydrogen-bond acceptors (Lipinski definition) is 5. The second kappa shape index (κ2) is 10.1. The fraction of sp³-hybridized carbons (Fsp3) is 0.478. The summed E-state index contributed by atoms with van der Waals surface area (Å²) in [6.45, 7) is 1.49. The van der Waals surface area contributed by atoms with Crippen LogP contribution in [0.1, 0.15) is 38.5 Å². The van der Waals surface area contributed by atoms with Gasteiger partial charge in [0.2, 0.25) is 0 Å². The molecule has 0 radical (unpaired) electrons. The van der Waals surface area contributed by atoms with E-state index in [0.717, 1.165) is 84.3 Å². The van der Waals surface area contributed by atoms with Crippen LogP contribution in [0.4, 0.5) is 0 Å². The third-order valence-corrected chi connectivity index (χ3v) is 6.49. The first kappa shape index (κ1) is 20.9. The molecule has 0 spiro atoms. The first-order valence-electron chi connectivity index (χ1n) is 10.3. The van der Waals surface area contributed by atoms with Crippen molar-refractivity contribution in [3.8, 4) is 22.6 Å². The highest BCUT2D eigenvalue weighted by Gasteiger charge is 2.21. The van der Waals surface area contributed by atoms with Gasteiger partial charge >= 0.3 is 0 Å². The highest BCUT2D eigenvalue weighted by atomic mass is 35.5. The van der Waals surface area contributed by atoms with Gasteiger partial charge in [-0.25, -0.2) is 0 Å². The highest BCUT2D eigenvalue weighted by Crippen LogP contribution is 2.42. The first-order valence-corrected chi connectivity index (χ1v) is 11.9. The molecule has 2 saturated heterocycles. The summed E-state index contributed by atoms with van der Waals surface area (Å²) in [7, 11) is 0. The summed E-state index contributed by atoms with van der Waals surface area (Å²) in [5, 5.41) is 0.741. The molecule has 2 aromatic rings. The molecular weight excluding hydrogens is 408 g/mol. The van der Waals surface area contributed by atoms with Crippen LogP contribution in [0.15, 0.2) is 41.3 Å². The Hall–Kier alpha value is -1.40. The zero-order valence-corrected chi connectivity index (χ0v) is 18.3. The Balaban J connectivity index is 1.66. The summed E-state index contributed by atoms with van der Waals surface area (Å²) in [4.78, 5) is 1.04. The molecule has 2 aliphatic heterocycles. The van der Waals surface area contributed by atoms with E-state index in [1.165, 1.54) is 0 Å². The van der Waals surface area contributed by atoms with E-state index in [1.807, 2.05) is 36.6 Å². The maximum atomic E-state index is 6.46. The van der Waals surface area contributed by atoms with Gasteiger partial charge in [-0.15, -0.1) is 11.8 Å². The van der Waals surface area contributed by atoms with Gasteiger partial charge in [-0.3, -0.25) is 0 Å². The van der Waals surface area contributed by atoms with Crippen molar-refractivity contribution in [3.05, 3.63) is 41.4 Å². The third-order valence-electron chi connectivity index (χ3n) is 5.22. The van der Waals surface area contributed by atoms with Crippen molar-refractivity contribution in [1.82, 2.24) is 0 Å². The first-order chi connectivity index (χ1) is 14.2. The van der Waals surface area contributed by atoms with Crippen molar-refractivity contribution >= 4 is 23.4 Å². The number of hydrogen-bond donors (Lipinski definition) is 0. The zero-order valence-electron chi connectivity index (χ0n) is 16.7. The summed E-state index contributed by atoms with van der Waals surface area (Å²) in [5.41, 5.74) is 2.04. The number of benzene rings is 2. The lowest BCUT2D eigenvalue weighted by Gasteiger charge is -2.26. The van der Waals surface area contributed by atoms with Crippen LogP contribution in [0.5, 0.6) is 11.5 Å². The fourth-order valence-corrected chi connectivity index (χ4v) is 4.79. The van der Waals surface area contributed by atoms with Gasteiger partial charge in [0.05, 0.1) is 18.2 Å². The summed E-state index contributed by atoms with van der Waals surface area (Å²) in [6.07, 6.45) is 7.82. The van der Waals surface area contributed by atoms with E-state index in [-0.39, 0.29) is 12.6 Å². The van der Waals surface area contributed by atoms with Gasteiger partial charge in [0.25, 0.3) is 0 Å². The van der Waals surface area contributed by atoms with Crippen molar-refractivity contribution in [2.24, 2.45) is 0 Å². The average Bonchev–Trinajstić information content (AvgIpc) is 2.75. The molecule has 29 heavy (non-hydrogen) atoms. The van der Waals surface area contributed by atoms with E-state index in [9.17, 15) is 0 Å². The highest BCUT2D eigenvalue weighted by molar-refractivity contribution is 7.98. The monoisotopic (exact) mass is 434 g/mol. The molecule has 2 atom stereocenters. The Kier molecular flexibility index (Phi) is 7.24. The van der Waals surface area contributed by atoms with Crippen LogP contribution < -0.4 is 9.47 Å². The maximum Gasteiger partial charge on any atom is 0.199 e. The Bertz CT molecular complexity index is 817. The second-order valence-electron chi connectivity index (χ2n) is 7.31. The minimum absolute atomic E-state index is 0.193. The van der Waals surface area contributed by atoms with E-state index >= 15 is 0 Å². The molecule has 0 aliphatic carbocycles. The molecule has 2 aliphatic rings. The predicted molar refractivity (Wildman–Crippen MR) is 117 cm³/mol. The van der Waals surface area contributed by atoms with Gasteiger partial charge in [-0.1, -0.05) is 23.7 Å². The molecule has 0 aromatic heterocycles. The van der Waals surface area contributed by atoms with Gasteiger partial charge in [-0.2, -0.15) is 0 Å². The lowest BCUT2D eigenvalue weighted by Crippen LogP contribution is -2.26. The summed E-state index contributed by atoms with van der Waals surface area (Å²) < 4.78 is 24.0. The molecule has 156 valence electrons. The molecule has 2 aromatic carbocycles. The normalized spacial score (nSPS) is 22.3. The third kappa shape index (κ3) is 5.21. The van der Waals surface area contributed by atoms with Crippen molar-refractivity contribution in [2.45, 2.75) is 56.0 Å². The molecule has 2 fully saturated rings.